The zero-order valence-electron chi connectivity index (χ0n) is 11.1. The minimum absolute atomic E-state index is 0.166. The SMILES string of the molecule is CC(C)OCCCCNS(=O)(=O)c1ncccc1F. The van der Waals surface area contributed by atoms with E-state index in [1.807, 2.05) is 13.8 Å². The maximum Gasteiger partial charge on any atom is 0.261 e. The van der Waals surface area contributed by atoms with Crippen molar-refractivity contribution in [2.24, 2.45) is 0 Å². The Balaban J connectivity index is 2.38. The van der Waals surface area contributed by atoms with Crippen molar-refractivity contribution in [1.29, 1.82) is 0 Å². The van der Waals surface area contributed by atoms with Crippen LogP contribution in [0.15, 0.2) is 23.4 Å². The number of nitrogens with zero attached hydrogens (tertiary/aromatic N) is 1. The van der Waals surface area contributed by atoms with Gasteiger partial charge in [-0.15, -0.1) is 0 Å². The number of sulfonamides is 1. The van der Waals surface area contributed by atoms with Crippen LogP contribution in [0.3, 0.4) is 0 Å². The summed E-state index contributed by atoms with van der Waals surface area (Å²) in [6.45, 7) is 4.69. The maximum atomic E-state index is 13.3. The second kappa shape index (κ2) is 7.52. The Hall–Kier alpha value is -1.05. The van der Waals surface area contributed by atoms with E-state index in [-0.39, 0.29) is 12.6 Å². The van der Waals surface area contributed by atoms with Crippen molar-refractivity contribution >= 4 is 10.0 Å². The number of rotatable bonds is 8. The van der Waals surface area contributed by atoms with E-state index in [1.165, 1.54) is 12.3 Å². The van der Waals surface area contributed by atoms with Gasteiger partial charge in [-0.3, -0.25) is 0 Å². The second-order valence-corrected chi connectivity index (χ2v) is 6.00. The minimum Gasteiger partial charge on any atom is -0.379 e. The number of unbranched alkanes of at least 4 members (excludes halogenated alkanes) is 1. The first kappa shape index (κ1) is 16.0. The summed E-state index contributed by atoms with van der Waals surface area (Å²) >= 11 is 0. The molecule has 0 aromatic carbocycles. The smallest absolute Gasteiger partial charge is 0.261 e. The van der Waals surface area contributed by atoms with Crippen LogP contribution in [0, 0.1) is 5.82 Å². The molecule has 0 amide bonds. The van der Waals surface area contributed by atoms with Gasteiger partial charge in [0.15, 0.2) is 5.82 Å². The van der Waals surface area contributed by atoms with Gasteiger partial charge < -0.3 is 4.74 Å². The van der Waals surface area contributed by atoms with Gasteiger partial charge in [0.05, 0.1) is 6.10 Å². The monoisotopic (exact) mass is 290 g/mol. The maximum absolute atomic E-state index is 13.3. The average Bonchev–Trinajstić information content (AvgIpc) is 2.33. The van der Waals surface area contributed by atoms with Crippen LogP contribution in [0.2, 0.25) is 0 Å². The van der Waals surface area contributed by atoms with Crippen molar-refractivity contribution in [2.45, 2.75) is 37.8 Å². The first-order chi connectivity index (χ1) is 8.93. The average molecular weight is 290 g/mol. The summed E-state index contributed by atoms with van der Waals surface area (Å²) in [5.74, 6) is -0.849. The third-order valence-electron chi connectivity index (χ3n) is 2.29. The third kappa shape index (κ3) is 5.63. The number of pyridine rings is 1. The Morgan fingerprint density at radius 1 is 1.42 bits per heavy atom. The Kier molecular flexibility index (Phi) is 6.33. The molecule has 1 aromatic heterocycles. The number of hydrogen-bond acceptors (Lipinski definition) is 4. The predicted molar refractivity (Wildman–Crippen MR) is 69.7 cm³/mol. The van der Waals surface area contributed by atoms with Gasteiger partial charge in [0.25, 0.3) is 10.0 Å². The fourth-order valence-electron chi connectivity index (χ4n) is 1.39. The summed E-state index contributed by atoms with van der Waals surface area (Å²) < 4.78 is 44.4. The van der Waals surface area contributed by atoms with Crippen LogP contribution in [0.5, 0.6) is 0 Å². The van der Waals surface area contributed by atoms with Crippen LogP contribution in [0.25, 0.3) is 0 Å². The molecule has 0 aliphatic carbocycles. The van der Waals surface area contributed by atoms with Crippen molar-refractivity contribution in [3.63, 3.8) is 0 Å². The van der Waals surface area contributed by atoms with Crippen molar-refractivity contribution in [3.8, 4) is 0 Å². The number of hydrogen-bond donors (Lipinski definition) is 1. The predicted octanol–water partition coefficient (Wildman–Crippen LogP) is 1.70. The lowest BCUT2D eigenvalue weighted by Gasteiger charge is -2.08. The molecule has 1 heterocycles. The fourth-order valence-corrected chi connectivity index (χ4v) is 2.46. The van der Waals surface area contributed by atoms with Gasteiger partial charge >= 0.3 is 0 Å². The molecule has 0 aliphatic rings. The van der Waals surface area contributed by atoms with E-state index in [0.29, 0.717) is 13.0 Å². The van der Waals surface area contributed by atoms with Gasteiger partial charge in [0.2, 0.25) is 5.03 Å². The first-order valence-electron chi connectivity index (χ1n) is 6.15. The van der Waals surface area contributed by atoms with E-state index in [1.54, 1.807) is 0 Å². The zero-order valence-corrected chi connectivity index (χ0v) is 11.9. The van der Waals surface area contributed by atoms with Crippen LogP contribution >= 0.6 is 0 Å². The fraction of sp³-hybridized carbons (Fsp3) is 0.583. The van der Waals surface area contributed by atoms with Gasteiger partial charge in [-0.1, -0.05) is 0 Å². The van der Waals surface area contributed by atoms with E-state index in [2.05, 4.69) is 9.71 Å². The Labute approximate surface area is 113 Å². The van der Waals surface area contributed by atoms with E-state index < -0.39 is 20.9 Å². The topological polar surface area (TPSA) is 68.3 Å². The number of aromatic nitrogens is 1. The van der Waals surface area contributed by atoms with Gasteiger partial charge in [0.1, 0.15) is 0 Å². The Morgan fingerprint density at radius 3 is 2.79 bits per heavy atom. The highest BCUT2D eigenvalue weighted by molar-refractivity contribution is 7.89. The van der Waals surface area contributed by atoms with Gasteiger partial charge in [-0.05, 0) is 38.8 Å². The number of halogens is 1. The minimum atomic E-state index is -3.87. The molecule has 5 nitrogen and oxygen atoms in total. The van der Waals surface area contributed by atoms with Crippen molar-refractivity contribution < 1.29 is 17.5 Å². The standard InChI is InChI=1S/C12H19FN2O3S/c1-10(2)18-9-4-3-8-15-19(16,17)12-11(13)6-5-7-14-12/h5-7,10,15H,3-4,8-9H2,1-2H3. The van der Waals surface area contributed by atoms with E-state index in [9.17, 15) is 12.8 Å². The highest BCUT2D eigenvalue weighted by Crippen LogP contribution is 2.09. The van der Waals surface area contributed by atoms with Crippen LogP contribution in [-0.2, 0) is 14.8 Å². The van der Waals surface area contributed by atoms with Crippen LogP contribution < -0.4 is 4.72 Å². The lowest BCUT2D eigenvalue weighted by Crippen LogP contribution is -2.26. The quantitative estimate of drug-likeness (QED) is 0.740. The zero-order chi connectivity index (χ0) is 14.3. The third-order valence-corrected chi connectivity index (χ3v) is 3.69. The highest BCUT2D eigenvalue weighted by atomic mass is 32.2. The Bertz CT molecular complexity index is 492. The molecule has 7 heteroatoms. The molecule has 0 atom stereocenters. The molecule has 108 valence electrons. The number of ether oxygens (including phenoxy) is 1. The molecule has 0 aliphatic heterocycles. The molecule has 0 spiro atoms. The highest BCUT2D eigenvalue weighted by Gasteiger charge is 2.19. The first-order valence-corrected chi connectivity index (χ1v) is 7.63. The molecule has 1 rings (SSSR count). The van der Waals surface area contributed by atoms with Crippen LogP contribution in [0.1, 0.15) is 26.7 Å². The van der Waals surface area contributed by atoms with Gasteiger partial charge in [-0.2, -0.15) is 0 Å². The molecular formula is C12H19FN2O3S. The van der Waals surface area contributed by atoms with Crippen LogP contribution in [0.4, 0.5) is 4.39 Å². The summed E-state index contributed by atoms with van der Waals surface area (Å²) in [6, 6.07) is 2.41. The lowest BCUT2D eigenvalue weighted by molar-refractivity contribution is 0.0762. The Morgan fingerprint density at radius 2 is 2.16 bits per heavy atom. The van der Waals surface area contributed by atoms with E-state index >= 15 is 0 Å². The summed E-state index contributed by atoms with van der Waals surface area (Å²) in [5, 5.41) is -0.562. The molecule has 0 saturated heterocycles. The summed E-state index contributed by atoms with van der Waals surface area (Å²) in [4.78, 5) is 3.54. The molecule has 0 saturated carbocycles. The van der Waals surface area contributed by atoms with Crippen molar-refractivity contribution in [2.75, 3.05) is 13.2 Å². The van der Waals surface area contributed by atoms with E-state index in [4.69, 9.17) is 4.74 Å². The van der Waals surface area contributed by atoms with Crippen LogP contribution in [-0.4, -0.2) is 32.7 Å². The molecule has 0 radical (unpaired) electrons. The lowest BCUT2D eigenvalue weighted by atomic mass is 10.3. The van der Waals surface area contributed by atoms with E-state index in [0.717, 1.165) is 12.5 Å². The van der Waals surface area contributed by atoms with Gasteiger partial charge in [0, 0.05) is 19.3 Å². The second-order valence-electron chi connectivity index (χ2n) is 4.31. The normalized spacial score (nSPS) is 12.0. The molecule has 1 N–H and O–H groups in total. The largest absolute Gasteiger partial charge is 0.379 e. The summed E-state index contributed by atoms with van der Waals surface area (Å²) in [7, 11) is -3.87. The molecule has 19 heavy (non-hydrogen) atoms. The molecule has 1 aromatic rings. The molecule has 0 fully saturated rings. The summed E-state index contributed by atoms with van der Waals surface area (Å²) in [6.07, 6.45) is 2.78. The molecule has 0 bridgehead atoms. The molecular weight excluding hydrogens is 271 g/mol. The number of nitrogens with one attached hydrogen (secondary N) is 1. The van der Waals surface area contributed by atoms with Crippen molar-refractivity contribution in [1.82, 2.24) is 9.71 Å². The van der Waals surface area contributed by atoms with Crippen molar-refractivity contribution in [3.05, 3.63) is 24.1 Å². The van der Waals surface area contributed by atoms with Gasteiger partial charge in [-0.25, -0.2) is 22.5 Å². The summed E-state index contributed by atoms with van der Waals surface area (Å²) in [5.41, 5.74) is 0. The molecule has 0 unspecified atom stereocenters.